The molecule has 1 heterocycles. The van der Waals surface area contributed by atoms with Crippen molar-refractivity contribution in [3.63, 3.8) is 0 Å². The molecular weight excluding hydrogens is 230 g/mol. The van der Waals surface area contributed by atoms with E-state index in [9.17, 15) is 0 Å². The fraction of sp³-hybridized carbons (Fsp3) is 0.615. The number of nitriles is 1. The highest BCUT2D eigenvalue weighted by atomic mass is 16.5. The molecule has 2 N–H and O–H groups in total. The monoisotopic (exact) mass is 251 g/mol. The van der Waals surface area contributed by atoms with Crippen LogP contribution in [-0.2, 0) is 4.74 Å². The van der Waals surface area contributed by atoms with Gasteiger partial charge in [0, 0.05) is 19.2 Å². The van der Waals surface area contributed by atoms with Crippen molar-refractivity contribution < 1.29 is 9.47 Å². The fourth-order valence-electron chi connectivity index (χ4n) is 1.82. The third-order valence-corrected chi connectivity index (χ3v) is 2.88. The molecule has 0 fully saturated rings. The third-order valence-electron chi connectivity index (χ3n) is 2.88. The highest BCUT2D eigenvalue weighted by Crippen LogP contribution is 2.32. The SMILES string of the molecule is CC[C@H](C)n1c(C#N)cc(N)c1O[C@@H](C)COC. The van der Waals surface area contributed by atoms with Gasteiger partial charge in [0.15, 0.2) is 0 Å². The van der Waals surface area contributed by atoms with Crippen LogP contribution in [0, 0.1) is 11.3 Å². The van der Waals surface area contributed by atoms with Gasteiger partial charge in [-0.3, -0.25) is 4.57 Å². The number of nitrogen functional groups attached to an aromatic ring is 1. The first-order valence-corrected chi connectivity index (χ1v) is 6.11. The topological polar surface area (TPSA) is 73.2 Å². The van der Waals surface area contributed by atoms with Crippen molar-refractivity contribution in [2.75, 3.05) is 19.5 Å². The molecule has 0 unspecified atom stereocenters. The zero-order valence-corrected chi connectivity index (χ0v) is 11.4. The Morgan fingerprint density at radius 3 is 2.67 bits per heavy atom. The number of ether oxygens (including phenoxy) is 2. The summed E-state index contributed by atoms with van der Waals surface area (Å²) in [5.41, 5.74) is 6.94. The summed E-state index contributed by atoms with van der Waals surface area (Å²) in [4.78, 5) is 0. The Labute approximate surface area is 108 Å². The lowest BCUT2D eigenvalue weighted by molar-refractivity contribution is 0.0855. The highest BCUT2D eigenvalue weighted by Gasteiger charge is 2.20. The van der Waals surface area contributed by atoms with Crippen LogP contribution in [-0.4, -0.2) is 24.4 Å². The second kappa shape index (κ2) is 6.31. The molecule has 5 nitrogen and oxygen atoms in total. The van der Waals surface area contributed by atoms with Gasteiger partial charge in [-0.15, -0.1) is 0 Å². The first-order valence-electron chi connectivity index (χ1n) is 6.11. The number of methoxy groups -OCH3 is 1. The van der Waals surface area contributed by atoms with E-state index in [1.165, 1.54) is 0 Å². The lowest BCUT2D eigenvalue weighted by Gasteiger charge is -2.20. The van der Waals surface area contributed by atoms with Gasteiger partial charge in [-0.25, -0.2) is 0 Å². The van der Waals surface area contributed by atoms with Gasteiger partial charge in [0.05, 0.1) is 12.3 Å². The van der Waals surface area contributed by atoms with Crippen LogP contribution in [0.15, 0.2) is 6.07 Å². The molecule has 0 aliphatic rings. The van der Waals surface area contributed by atoms with Gasteiger partial charge in [-0.1, -0.05) is 6.92 Å². The van der Waals surface area contributed by atoms with Gasteiger partial charge in [-0.05, 0) is 20.3 Å². The lowest BCUT2D eigenvalue weighted by atomic mass is 10.2. The summed E-state index contributed by atoms with van der Waals surface area (Å²) in [6.07, 6.45) is 0.791. The van der Waals surface area contributed by atoms with Crippen molar-refractivity contribution in [1.29, 1.82) is 5.26 Å². The van der Waals surface area contributed by atoms with Gasteiger partial charge in [-0.2, -0.15) is 5.26 Å². The largest absolute Gasteiger partial charge is 0.472 e. The lowest BCUT2D eigenvalue weighted by Crippen LogP contribution is -2.21. The maximum Gasteiger partial charge on any atom is 0.219 e. The number of nitrogens with zero attached hydrogens (tertiary/aromatic N) is 2. The summed E-state index contributed by atoms with van der Waals surface area (Å²) >= 11 is 0. The van der Waals surface area contributed by atoms with E-state index in [-0.39, 0.29) is 12.1 Å². The Hall–Kier alpha value is -1.67. The molecule has 1 rings (SSSR count). The summed E-state index contributed by atoms with van der Waals surface area (Å²) in [5, 5.41) is 9.13. The van der Waals surface area contributed by atoms with Crippen LogP contribution < -0.4 is 10.5 Å². The van der Waals surface area contributed by atoms with Crippen molar-refractivity contribution in [2.45, 2.75) is 39.3 Å². The number of nitrogens with two attached hydrogens (primary N) is 1. The predicted octanol–water partition coefficient (Wildman–Crippen LogP) is 2.33. The molecule has 0 saturated carbocycles. The first-order chi connectivity index (χ1) is 8.54. The summed E-state index contributed by atoms with van der Waals surface area (Å²) < 4.78 is 12.7. The van der Waals surface area contributed by atoms with E-state index in [1.807, 2.05) is 18.4 Å². The average Bonchev–Trinajstić information content (AvgIpc) is 2.65. The summed E-state index contributed by atoms with van der Waals surface area (Å²) in [6, 6.07) is 3.97. The number of aromatic nitrogens is 1. The van der Waals surface area contributed by atoms with Crippen molar-refractivity contribution in [3.05, 3.63) is 11.8 Å². The minimum atomic E-state index is -0.110. The molecular formula is C13H21N3O2. The van der Waals surface area contributed by atoms with E-state index in [2.05, 4.69) is 13.0 Å². The van der Waals surface area contributed by atoms with Gasteiger partial charge in [0.2, 0.25) is 5.88 Å². The molecule has 2 atom stereocenters. The highest BCUT2D eigenvalue weighted by molar-refractivity contribution is 5.55. The Morgan fingerprint density at radius 1 is 1.50 bits per heavy atom. The predicted molar refractivity (Wildman–Crippen MR) is 70.5 cm³/mol. The second-order valence-corrected chi connectivity index (χ2v) is 4.41. The van der Waals surface area contributed by atoms with Crippen molar-refractivity contribution in [3.8, 4) is 11.9 Å². The molecule has 0 spiro atoms. The zero-order valence-electron chi connectivity index (χ0n) is 11.4. The molecule has 1 aromatic heterocycles. The third kappa shape index (κ3) is 2.96. The van der Waals surface area contributed by atoms with Gasteiger partial charge >= 0.3 is 0 Å². The van der Waals surface area contributed by atoms with Crippen LogP contribution in [0.1, 0.15) is 38.9 Å². The van der Waals surface area contributed by atoms with E-state index in [0.717, 1.165) is 6.42 Å². The van der Waals surface area contributed by atoms with E-state index in [0.29, 0.717) is 23.9 Å². The van der Waals surface area contributed by atoms with Crippen LogP contribution in [0.5, 0.6) is 5.88 Å². The molecule has 100 valence electrons. The number of anilines is 1. The minimum absolute atomic E-state index is 0.110. The molecule has 0 radical (unpaired) electrons. The maximum atomic E-state index is 9.13. The van der Waals surface area contributed by atoms with Crippen molar-refractivity contribution in [2.24, 2.45) is 0 Å². The Morgan fingerprint density at radius 2 is 2.17 bits per heavy atom. The normalized spacial score (nSPS) is 13.9. The van der Waals surface area contributed by atoms with Crippen LogP contribution in [0.3, 0.4) is 0 Å². The van der Waals surface area contributed by atoms with Crippen LogP contribution in [0.4, 0.5) is 5.69 Å². The summed E-state index contributed by atoms with van der Waals surface area (Å²) in [7, 11) is 1.62. The Balaban J connectivity index is 3.09. The van der Waals surface area contributed by atoms with Crippen LogP contribution in [0.2, 0.25) is 0 Å². The minimum Gasteiger partial charge on any atom is -0.472 e. The second-order valence-electron chi connectivity index (χ2n) is 4.41. The van der Waals surface area contributed by atoms with Gasteiger partial charge < -0.3 is 15.2 Å². The molecule has 18 heavy (non-hydrogen) atoms. The van der Waals surface area contributed by atoms with Crippen molar-refractivity contribution >= 4 is 5.69 Å². The smallest absolute Gasteiger partial charge is 0.219 e. The molecule has 0 aliphatic carbocycles. The van der Waals surface area contributed by atoms with E-state index in [4.69, 9.17) is 20.5 Å². The number of rotatable bonds is 6. The van der Waals surface area contributed by atoms with E-state index in [1.54, 1.807) is 13.2 Å². The molecule has 0 aliphatic heterocycles. The average molecular weight is 251 g/mol. The zero-order chi connectivity index (χ0) is 13.7. The first kappa shape index (κ1) is 14.4. The summed E-state index contributed by atoms with van der Waals surface area (Å²) in [6.45, 7) is 6.48. The molecule has 0 bridgehead atoms. The molecule has 0 aromatic carbocycles. The van der Waals surface area contributed by atoms with Crippen LogP contribution in [0.25, 0.3) is 0 Å². The molecule has 0 saturated heterocycles. The number of hydrogen-bond acceptors (Lipinski definition) is 4. The molecule has 0 amide bonds. The van der Waals surface area contributed by atoms with E-state index >= 15 is 0 Å². The van der Waals surface area contributed by atoms with E-state index < -0.39 is 0 Å². The number of hydrogen-bond donors (Lipinski definition) is 1. The Kier molecular flexibility index (Phi) is 5.05. The maximum absolute atomic E-state index is 9.13. The summed E-state index contributed by atoms with van der Waals surface area (Å²) in [5.74, 6) is 0.561. The van der Waals surface area contributed by atoms with Gasteiger partial charge in [0.25, 0.3) is 0 Å². The standard InChI is InChI=1S/C13H21N3O2/c1-5-9(2)16-11(7-14)6-12(15)13(16)18-10(3)8-17-4/h6,9-10H,5,8,15H2,1-4H3/t9-,10-/m0/s1. The fourth-order valence-corrected chi connectivity index (χ4v) is 1.82. The van der Waals surface area contributed by atoms with Crippen molar-refractivity contribution in [1.82, 2.24) is 4.57 Å². The molecule has 1 aromatic rings. The van der Waals surface area contributed by atoms with Gasteiger partial charge in [0.1, 0.15) is 17.9 Å². The quantitative estimate of drug-likeness (QED) is 0.842. The molecule has 5 heteroatoms. The van der Waals surface area contributed by atoms with Crippen LogP contribution >= 0.6 is 0 Å². The Bertz CT molecular complexity index is 434.